The summed E-state index contributed by atoms with van der Waals surface area (Å²) in [6, 6.07) is 25.5. The van der Waals surface area contributed by atoms with Gasteiger partial charge in [0.05, 0.1) is 24.2 Å². The zero-order valence-electron chi connectivity index (χ0n) is 16.5. The van der Waals surface area contributed by atoms with Gasteiger partial charge >= 0.3 is 0 Å². The Labute approximate surface area is 170 Å². The predicted molar refractivity (Wildman–Crippen MR) is 115 cm³/mol. The number of rotatable bonds is 6. The zero-order valence-corrected chi connectivity index (χ0v) is 16.5. The van der Waals surface area contributed by atoms with Gasteiger partial charge in [0.1, 0.15) is 18.1 Å². The molecule has 0 spiro atoms. The van der Waals surface area contributed by atoms with E-state index in [2.05, 4.69) is 5.32 Å². The molecule has 0 aliphatic carbocycles. The maximum absolute atomic E-state index is 12.9. The molecule has 4 aromatic rings. The standard InChI is InChI=1S/C24H23N3O2/c1-17(18-9-4-3-5-10-18)25-23(28)16-27-22-14-7-6-13-21(22)26-24(27)19-11-8-12-20(15-19)29-2/h3-15,17H,16H2,1-2H3,(H,25,28). The number of carbonyl (C=O) groups excluding carboxylic acids is 1. The van der Waals surface area contributed by atoms with Crippen molar-refractivity contribution in [3.05, 3.63) is 84.4 Å². The second kappa shape index (κ2) is 8.19. The summed E-state index contributed by atoms with van der Waals surface area (Å²) < 4.78 is 7.31. The van der Waals surface area contributed by atoms with Crippen LogP contribution in [-0.2, 0) is 11.3 Å². The number of aromatic nitrogens is 2. The van der Waals surface area contributed by atoms with Gasteiger partial charge in [0.25, 0.3) is 0 Å². The van der Waals surface area contributed by atoms with Crippen LogP contribution in [0.4, 0.5) is 0 Å². The van der Waals surface area contributed by atoms with Crippen molar-refractivity contribution in [2.75, 3.05) is 7.11 Å². The van der Waals surface area contributed by atoms with Crippen LogP contribution in [0.3, 0.4) is 0 Å². The Bertz CT molecular complexity index is 1140. The molecule has 0 bridgehead atoms. The summed E-state index contributed by atoms with van der Waals surface area (Å²) in [5, 5.41) is 3.09. The van der Waals surface area contributed by atoms with E-state index in [0.29, 0.717) is 0 Å². The topological polar surface area (TPSA) is 56.2 Å². The minimum absolute atomic E-state index is 0.0614. The van der Waals surface area contributed by atoms with E-state index in [0.717, 1.165) is 33.7 Å². The van der Waals surface area contributed by atoms with Crippen molar-refractivity contribution in [2.45, 2.75) is 19.5 Å². The van der Waals surface area contributed by atoms with Gasteiger partial charge in [-0.25, -0.2) is 4.98 Å². The van der Waals surface area contributed by atoms with Gasteiger partial charge in [-0.15, -0.1) is 0 Å². The van der Waals surface area contributed by atoms with Crippen molar-refractivity contribution in [2.24, 2.45) is 0 Å². The number of imidazole rings is 1. The van der Waals surface area contributed by atoms with Crippen LogP contribution in [0, 0.1) is 0 Å². The molecular weight excluding hydrogens is 362 g/mol. The molecule has 4 rings (SSSR count). The van der Waals surface area contributed by atoms with E-state index in [-0.39, 0.29) is 18.5 Å². The van der Waals surface area contributed by atoms with Crippen molar-refractivity contribution < 1.29 is 9.53 Å². The molecule has 1 aromatic heterocycles. The van der Waals surface area contributed by atoms with Crippen molar-refractivity contribution >= 4 is 16.9 Å². The molecule has 5 nitrogen and oxygen atoms in total. The fourth-order valence-electron chi connectivity index (χ4n) is 3.47. The lowest BCUT2D eigenvalue weighted by molar-refractivity contribution is -0.122. The number of hydrogen-bond donors (Lipinski definition) is 1. The molecule has 0 fully saturated rings. The summed E-state index contributed by atoms with van der Waals surface area (Å²) >= 11 is 0. The van der Waals surface area contributed by atoms with Crippen LogP contribution >= 0.6 is 0 Å². The fraction of sp³-hybridized carbons (Fsp3) is 0.167. The van der Waals surface area contributed by atoms with Gasteiger partial charge in [0, 0.05) is 5.56 Å². The molecule has 1 unspecified atom stereocenters. The number of nitrogens with zero attached hydrogens (tertiary/aromatic N) is 2. The summed E-state index contributed by atoms with van der Waals surface area (Å²) in [4.78, 5) is 17.6. The van der Waals surface area contributed by atoms with Crippen LogP contribution in [0.1, 0.15) is 18.5 Å². The minimum Gasteiger partial charge on any atom is -0.497 e. The Kier molecular flexibility index (Phi) is 5.29. The number of amides is 1. The molecule has 29 heavy (non-hydrogen) atoms. The predicted octanol–water partition coefficient (Wildman–Crippen LogP) is 4.59. The number of hydrogen-bond acceptors (Lipinski definition) is 3. The van der Waals surface area contributed by atoms with Gasteiger partial charge in [0.2, 0.25) is 5.91 Å². The van der Waals surface area contributed by atoms with E-state index < -0.39 is 0 Å². The van der Waals surface area contributed by atoms with Crippen LogP contribution in [0.25, 0.3) is 22.4 Å². The van der Waals surface area contributed by atoms with E-state index in [9.17, 15) is 4.79 Å². The second-order valence-electron chi connectivity index (χ2n) is 6.94. The molecule has 5 heteroatoms. The Morgan fingerprint density at radius 1 is 1.03 bits per heavy atom. The fourth-order valence-corrected chi connectivity index (χ4v) is 3.47. The number of carbonyl (C=O) groups is 1. The monoisotopic (exact) mass is 385 g/mol. The number of methoxy groups -OCH3 is 1. The first-order valence-electron chi connectivity index (χ1n) is 9.59. The summed E-state index contributed by atoms with van der Waals surface area (Å²) in [7, 11) is 1.64. The lowest BCUT2D eigenvalue weighted by Gasteiger charge is -2.16. The molecular formula is C24H23N3O2. The summed E-state index contributed by atoms with van der Waals surface area (Å²) in [5.74, 6) is 1.43. The van der Waals surface area contributed by atoms with Gasteiger partial charge in [-0.05, 0) is 36.8 Å². The number of para-hydroxylation sites is 2. The highest BCUT2D eigenvalue weighted by Gasteiger charge is 2.17. The number of ether oxygens (including phenoxy) is 1. The molecule has 0 radical (unpaired) electrons. The van der Waals surface area contributed by atoms with Crippen LogP contribution in [0.5, 0.6) is 5.75 Å². The van der Waals surface area contributed by atoms with Crippen LogP contribution in [-0.4, -0.2) is 22.6 Å². The van der Waals surface area contributed by atoms with Crippen LogP contribution in [0.2, 0.25) is 0 Å². The number of nitrogens with one attached hydrogen (secondary N) is 1. The Balaban J connectivity index is 1.66. The molecule has 0 aliphatic heterocycles. The van der Waals surface area contributed by atoms with E-state index in [1.165, 1.54) is 0 Å². The van der Waals surface area contributed by atoms with Gasteiger partial charge in [-0.3, -0.25) is 4.79 Å². The average molecular weight is 385 g/mol. The van der Waals surface area contributed by atoms with E-state index >= 15 is 0 Å². The molecule has 1 heterocycles. The zero-order chi connectivity index (χ0) is 20.2. The highest BCUT2D eigenvalue weighted by Crippen LogP contribution is 2.27. The second-order valence-corrected chi connectivity index (χ2v) is 6.94. The number of benzene rings is 3. The lowest BCUT2D eigenvalue weighted by atomic mass is 10.1. The first-order chi connectivity index (χ1) is 14.2. The largest absolute Gasteiger partial charge is 0.497 e. The van der Waals surface area contributed by atoms with Crippen LogP contribution < -0.4 is 10.1 Å². The third-order valence-electron chi connectivity index (χ3n) is 4.96. The minimum atomic E-state index is -0.0706. The van der Waals surface area contributed by atoms with E-state index in [1.807, 2.05) is 90.4 Å². The Morgan fingerprint density at radius 3 is 2.59 bits per heavy atom. The third-order valence-corrected chi connectivity index (χ3v) is 4.96. The Hall–Kier alpha value is -3.60. The van der Waals surface area contributed by atoms with Gasteiger partial charge in [0.15, 0.2) is 0 Å². The maximum atomic E-state index is 12.9. The first-order valence-corrected chi connectivity index (χ1v) is 9.59. The molecule has 146 valence electrons. The average Bonchev–Trinajstić information content (AvgIpc) is 3.12. The lowest BCUT2D eigenvalue weighted by Crippen LogP contribution is -2.30. The maximum Gasteiger partial charge on any atom is 0.240 e. The Morgan fingerprint density at radius 2 is 1.79 bits per heavy atom. The summed E-state index contributed by atoms with van der Waals surface area (Å²) in [6.45, 7) is 2.17. The molecule has 0 aliphatic rings. The number of fused-ring (bicyclic) bond motifs is 1. The quantitative estimate of drug-likeness (QED) is 0.528. The van der Waals surface area contributed by atoms with E-state index in [4.69, 9.17) is 9.72 Å². The van der Waals surface area contributed by atoms with Gasteiger partial charge in [-0.2, -0.15) is 0 Å². The van der Waals surface area contributed by atoms with Crippen molar-refractivity contribution in [1.29, 1.82) is 0 Å². The van der Waals surface area contributed by atoms with Gasteiger partial charge in [-0.1, -0.05) is 54.6 Å². The molecule has 0 saturated carbocycles. The van der Waals surface area contributed by atoms with Crippen molar-refractivity contribution in [3.63, 3.8) is 0 Å². The molecule has 0 saturated heterocycles. The summed E-state index contributed by atoms with van der Waals surface area (Å²) in [6.07, 6.45) is 0. The molecule has 1 N–H and O–H groups in total. The van der Waals surface area contributed by atoms with Crippen molar-refractivity contribution in [1.82, 2.24) is 14.9 Å². The SMILES string of the molecule is COc1cccc(-c2nc3ccccc3n2CC(=O)NC(C)c2ccccc2)c1. The van der Waals surface area contributed by atoms with Crippen molar-refractivity contribution in [3.8, 4) is 17.1 Å². The molecule has 1 amide bonds. The summed E-state index contributed by atoms with van der Waals surface area (Å²) in [5.41, 5.74) is 3.76. The highest BCUT2D eigenvalue weighted by molar-refractivity contribution is 5.84. The third kappa shape index (κ3) is 3.99. The normalized spacial score (nSPS) is 11.9. The smallest absolute Gasteiger partial charge is 0.240 e. The first kappa shape index (κ1) is 18.7. The highest BCUT2D eigenvalue weighted by atomic mass is 16.5. The van der Waals surface area contributed by atoms with Crippen LogP contribution in [0.15, 0.2) is 78.9 Å². The van der Waals surface area contributed by atoms with E-state index in [1.54, 1.807) is 7.11 Å². The molecule has 1 atom stereocenters. The molecule has 3 aromatic carbocycles. The van der Waals surface area contributed by atoms with Gasteiger partial charge < -0.3 is 14.6 Å².